The quantitative estimate of drug-likeness (QED) is 0.0199. The summed E-state index contributed by atoms with van der Waals surface area (Å²) in [5.41, 5.74) is 26.8. The number of nitrogens with one attached hydrogen (secondary N) is 6. The lowest BCUT2D eigenvalue weighted by atomic mass is 10.0. The SMILES string of the molecule is CC(C)C[C@H](NC(=O)[C@H](CCCCN)NC(=O)CNC(=O)[C@H](CO)NC(=O)[C@@H](N)CCC(N)=O)C(=O)N[C@H](C(=O)N[C@@H](CCCN=C(N)N)C(=O)O)[C@@H](C)O. The minimum atomic E-state index is -1.62. The Hall–Kier alpha value is -5.13. The van der Waals surface area contributed by atoms with Gasteiger partial charge in [-0.25, -0.2) is 4.79 Å². The zero-order valence-electron chi connectivity index (χ0n) is 31.5. The molecule has 0 saturated heterocycles. The smallest absolute Gasteiger partial charge is 0.326 e. The van der Waals surface area contributed by atoms with Crippen molar-refractivity contribution in [3.8, 4) is 0 Å². The fourth-order valence-electron chi connectivity index (χ4n) is 4.86. The van der Waals surface area contributed by atoms with Crippen LogP contribution >= 0.6 is 0 Å². The van der Waals surface area contributed by atoms with Crippen LogP contribution in [0.4, 0.5) is 0 Å². The van der Waals surface area contributed by atoms with E-state index in [1.165, 1.54) is 6.92 Å². The van der Waals surface area contributed by atoms with Gasteiger partial charge in [-0.1, -0.05) is 13.8 Å². The minimum absolute atomic E-state index is 0.0498. The lowest BCUT2D eigenvalue weighted by Gasteiger charge is -2.28. The van der Waals surface area contributed by atoms with E-state index in [0.717, 1.165) is 0 Å². The summed E-state index contributed by atoms with van der Waals surface area (Å²) in [5, 5.41) is 43.7. The topological polar surface area (TPSA) is 412 Å². The Labute approximate surface area is 319 Å². The highest BCUT2D eigenvalue weighted by Gasteiger charge is 2.34. The van der Waals surface area contributed by atoms with Crippen molar-refractivity contribution in [1.82, 2.24) is 31.9 Å². The number of primary amides is 1. The highest BCUT2D eigenvalue weighted by atomic mass is 16.4. The van der Waals surface area contributed by atoms with Crippen molar-refractivity contribution in [3.63, 3.8) is 0 Å². The molecule has 23 nitrogen and oxygen atoms in total. The number of aliphatic hydroxyl groups is 2. The van der Waals surface area contributed by atoms with E-state index in [4.69, 9.17) is 28.7 Å². The lowest BCUT2D eigenvalue weighted by Crippen LogP contribution is -2.60. The van der Waals surface area contributed by atoms with E-state index in [9.17, 15) is 53.7 Å². The van der Waals surface area contributed by atoms with Gasteiger partial charge in [0.15, 0.2) is 5.96 Å². The first-order chi connectivity index (χ1) is 25.7. The van der Waals surface area contributed by atoms with Crippen molar-refractivity contribution < 1.29 is 53.7 Å². The molecule has 0 rings (SSSR count). The second-order valence-corrected chi connectivity index (χ2v) is 13.2. The Balaban J connectivity index is 5.76. The number of guanidine groups is 1. The Morgan fingerprint density at radius 1 is 0.691 bits per heavy atom. The average Bonchev–Trinajstić information content (AvgIpc) is 3.10. The van der Waals surface area contributed by atoms with E-state index in [1.807, 2.05) is 0 Å². The second-order valence-electron chi connectivity index (χ2n) is 13.2. The molecule has 0 saturated carbocycles. The number of carbonyl (C=O) groups is 8. The molecule has 0 aromatic heterocycles. The van der Waals surface area contributed by atoms with Gasteiger partial charge in [0.05, 0.1) is 25.3 Å². The molecule has 0 unspecified atom stereocenters. The van der Waals surface area contributed by atoms with Gasteiger partial charge >= 0.3 is 5.97 Å². The molecule has 0 spiro atoms. The summed E-state index contributed by atoms with van der Waals surface area (Å²) in [5.74, 6) is -7.77. The number of carboxylic acids is 1. The molecule has 0 aromatic carbocycles. The first kappa shape index (κ1) is 49.9. The summed E-state index contributed by atoms with van der Waals surface area (Å²) in [4.78, 5) is 104. The number of aliphatic hydroxyl groups excluding tert-OH is 2. The van der Waals surface area contributed by atoms with Crippen molar-refractivity contribution in [3.05, 3.63) is 0 Å². The van der Waals surface area contributed by atoms with Crippen LogP contribution in [-0.4, -0.2) is 137 Å². The third-order valence-electron chi connectivity index (χ3n) is 7.84. The van der Waals surface area contributed by atoms with Gasteiger partial charge < -0.3 is 75.9 Å². The first-order valence-electron chi connectivity index (χ1n) is 17.8. The van der Waals surface area contributed by atoms with E-state index in [0.29, 0.717) is 12.8 Å². The van der Waals surface area contributed by atoms with Gasteiger partial charge in [-0.15, -0.1) is 0 Å². The number of hydrogen-bond donors (Lipinski definition) is 14. The number of hydrogen-bond acceptors (Lipinski definition) is 13. The van der Waals surface area contributed by atoms with Crippen LogP contribution in [0.1, 0.15) is 72.1 Å². The van der Waals surface area contributed by atoms with Crippen molar-refractivity contribution in [2.24, 2.45) is 39.6 Å². The minimum Gasteiger partial charge on any atom is -0.480 e. The van der Waals surface area contributed by atoms with Crippen LogP contribution in [0.15, 0.2) is 4.99 Å². The van der Waals surface area contributed by atoms with Gasteiger partial charge in [-0.3, -0.25) is 38.6 Å². The zero-order valence-corrected chi connectivity index (χ0v) is 31.5. The summed E-state index contributed by atoms with van der Waals surface area (Å²) in [6.45, 7) is 3.54. The monoisotopic (exact) mass is 788 g/mol. The van der Waals surface area contributed by atoms with Gasteiger partial charge in [0.25, 0.3) is 0 Å². The lowest BCUT2D eigenvalue weighted by molar-refractivity contribution is -0.143. The molecular weight excluding hydrogens is 728 g/mol. The highest BCUT2D eigenvalue weighted by Crippen LogP contribution is 2.09. The van der Waals surface area contributed by atoms with Crippen molar-refractivity contribution in [2.75, 3.05) is 26.2 Å². The Kier molecular flexibility index (Phi) is 24.1. The molecule has 0 aromatic rings. The molecule has 7 amide bonds. The Morgan fingerprint density at radius 3 is 1.80 bits per heavy atom. The third-order valence-corrected chi connectivity index (χ3v) is 7.84. The van der Waals surface area contributed by atoms with Gasteiger partial charge in [0.1, 0.15) is 30.2 Å². The Morgan fingerprint density at radius 2 is 1.27 bits per heavy atom. The maximum atomic E-state index is 13.5. The van der Waals surface area contributed by atoms with Crippen molar-refractivity contribution in [1.29, 1.82) is 0 Å². The molecule has 19 N–H and O–H groups in total. The van der Waals surface area contributed by atoms with Crippen LogP contribution in [0.5, 0.6) is 0 Å². The Bertz CT molecular complexity index is 1330. The number of aliphatic carboxylic acids is 1. The molecule has 0 aliphatic heterocycles. The third kappa shape index (κ3) is 21.4. The number of unbranched alkanes of at least 4 members (excludes halogenated alkanes) is 1. The van der Waals surface area contributed by atoms with Gasteiger partial charge in [-0.2, -0.15) is 0 Å². The van der Waals surface area contributed by atoms with Crippen LogP contribution in [0.2, 0.25) is 0 Å². The van der Waals surface area contributed by atoms with Crippen LogP contribution < -0.4 is 60.6 Å². The zero-order chi connectivity index (χ0) is 42.2. The van der Waals surface area contributed by atoms with Crippen molar-refractivity contribution in [2.45, 2.75) is 114 Å². The molecule has 0 aliphatic carbocycles. The summed E-state index contributed by atoms with van der Waals surface area (Å²) in [6, 6.07) is -8.25. The first-order valence-corrected chi connectivity index (χ1v) is 17.8. The predicted octanol–water partition coefficient (Wildman–Crippen LogP) is -6.19. The number of rotatable bonds is 28. The molecule has 0 fully saturated rings. The number of carbonyl (C=O) groups excluding carboxylic acids is 7. The standard InChI is InChI=1S/C32H60N12O11/c1-16(2)13-21(29(52)44-25(17(3)46)30(53)41-20(31(54)55)8-6-12-38-32(36)37)42-28(51)19(7-4-5-11-33)40-24(48)14-39-27(50)22(15-45)43-26(49)18(34)9-10-23(35)47/h16-22,25,45-46H,4-15,33-34H2,1-3H3,(H2,35,47)(H,39,50)(H,40,48)(H,41,53)(H,42,51)(H,43,49)(H,44,52)(H,54,55)(H4,36,37,38)/t17-,18+,19+,20+,21+,22+,25+/m1/s1. The fourth-order valence-corrected chi connectivity index (χ4v) is 4.86. The number of aliphatic imine (C=N–C) groups is 1. The van der Waals surface area contributed by atoms with E-state index in [-0.39, 0.29) is 63.5 Å². The molecular formula is C32H60N12O11. The number of carboxylic acid groups (broad SMARTS) is 1. The van der Waals surface area contributed by atoms with Gasteiger partial charge in [0, 0.05) is 13.0 Å². The summed E-state index contributed by atoms with van der Waals surface area (Å²) < 4.78 is 0. The summed E-state index contributed by atoms with van der Waals surface area (Å²) >= 11 is 0. The fraction of sp³-hybridized carbons (Fsp3) is 0.719. The van der Waals surface area contributed by atoms with E-state index < -0.39 is 103 Å². The van der Waals surface area contributed by atoms with Crippen LogP contribution in [0.3, 0.4) is 0 Å². The maximum absolute atomic E-state index is 13.5. The molecule has 7 atom stereocenters. The average molecular weight is 789 g/mol. The maximum Gasteiger partial charge on any atom is 0.326 e. The van der Waals surface area contributed by atoms with Crippen molar-refractivity contribution >= 4 is 53.3 Å². The molecule has 55 heavy (non-hydrogen) atoms. The molecule has 23 heteroatoms. The van der Waals surface area contributed by atoms with E-state index >= 15 is 0 Å². The van der Waals surface area contributed by atoms with Crippen LogP contribution in [0.25, 0.3) is 0 Å². The van der Waals surface area contributed by atoms with E-state index in [2.05, 4.69) is 36.9 Å². The summed E-state index contributed by atoms with van der Waals surface area (Å²) in [7, 11) is 0. The normalized spacial score (nSPS) is 14.8. The number of nitrogens with zero attached hydrogens (tertiary/aromatic N) is 1. The van der Waals surface area contributed by atoms with E-state index in [1.54, 1.807) is 13.8 Å². The predicted molar refractivity (Wildman–Crippen MR) is 198 cm³/mol. The molecule has 314 valence electrons. The molecule has 0 aliphatic rings. The number of nitrogens with two attached hydrogens (primary N) is 5. The van der Waals surface area contributed by atoms with Crippen LogP contribution in [0, 0.1) is 5.92 Å². The van der Waals surface area contributed by atoms with Crippen LogP contribution in [-0.2, 0) is 38.4 Å². The largest absolute Gasteiger partial charge is 0.480 e. The molecule has 0 bridgehead atoms. The van der Waals surface area contributed by atoms with Gasteiger partial charge in [0.2, 0.25) is 41.4 Å². The number of amides is 7. The van der Waals surface area contributed by atoms with Gasteiger partial charge in [-0.05, 0) is 64.3 Å². The summed E-state index contributed by atoms with van der Waals surface area (Å²) in [6.07, 6.45) is -0.707. The highest BCUT2D eigenvalue weighted by molar-refractivity contribution is 5.96. The molecule has 0 radical (unpaired) electrons. The molecule has 0 heterocycles. The second kappa shape index (κ2) is 26.6.